The Morgan fingerprint density at radius 1 is 1.33 bits per heavy atom. The number of rotatable bonds is 5. The molecular formula is C16H20F2N2O2S2. The number of hydrogen-bond donors (Lipinski definition) is 1. The van der Waals surface area contributed by atoms with Gasteiger partial charge in [0.15, 0.2) is 0 Å². The molecule has 0 saturated carbocycles. The summed E-state index contributed by atoms with van der Waals surface area (Å²) in [5.41, 5.74) is 0.892. The minimum Gasteiger partial charge on any atom is -0.296 e. The Labute approximate surface area is 144 Å². The Morgan fingerprint density at radius 3 is 2.79 bits per heavy atom. The zero-order valence-electron chi connectivity index (χ0n) is 13.4. The molecule has 0 bridgehead atoms. The fourth-order valence-electron chi connectivity index (χ4n) is 2.95. The summed E-state index contributed by atoms with van der Waals surface area (Å²) >= 11 is 1.39. The standard InChI is InChI=1S/C16H20F2N2O2S2/c1-12-13-5-2-3-6-14(13)23-15(12)19-24(21,22)10-9-20-8-4-7-16(17,18)11-20/h2-3,5-6,19H,4,7-11H2,1H3. The summed E-state index contributed by atoms with van der Waals surface area (Å²) < 4.78 is 55.0. The lowest BCUT2D eigenvalue weighted by molar-refractivity contribution is -0.0623. The lowest BCUT2D eigenvalue weighted by Crippen LogP contribution is -2.44. The normalized spacial score (nSPS) is 18.8. The molecule has 1 N–H and O–H groups in total. The SMILES string of the molecule is Cc1c(NS(=O)(=O)CCN2CCCC(F)(F)C2)sc2ccccc12. The van der Waals surface area contributed by atoms with E-state index in [1.165, 1.54) is 16.2 Å². The van der Waals surface area contributed by atoms with Gasteiger partial charge in [-0.1, -0.05) is 18.2 Å². The highest BCUT2D eigenvalue weighted by Gasteiger charge is 2.35. The summed E-state index contributed by atoms with van der Waals surface area (Å²) in [4.78, 5) is 1.53. The van der Waals surface area contributed by atoms with Gasteiger partial charge in [-0.25, -0.2) is 17.2 Å². The van der Waals surface area contributed by atoms with Crippen LogP contribution < -0.4 is 4.72 Å². The zero-order valence-corrected chi connectivity index (χ0v) is 15.0. The number of aryl methyl sites for hydroxylation is 1. The van der Waals surface area contributed by atoms with Gasteiger partial charge in [-0.2, -0.15) is 0 Å². The second-order valence-corrected chi connectivity index (χ2v) is 9.10. The number of fused-ring (bicyclic) bond motifs is 1. The maximum Gasteiger partial charge on any atom is 0.260 e. The molecule has 0 amide bonds. The minimum absolute atomic E-state index is 0.116. The predicted octanol–water partition coefficient (Wildman–Crippen LogP) is 3.68. The summed E-state index contributed by atoms with van der Waals surface area (Å²) in [6, 6.07) is 7.72. The van der Waals surface area contributed by atoms with Gasteiger partial charge in [-0.15, -0.1) is 11.3 Å². The lowest BCUT2D eigenvalue weighted by atomic mass is 10.1. The Balaban J connectivity index is 1.66. The predicted molar refractivity (Wildman–Crippen MR) is 94.6 cm³/mol. The van der Waals surface area contributed by atoms with Crippen LogP contribution in [0.3, 0.4) is 0 Å². The van der Waals surface area contributed by atoms with E-state index in [9.17, 15) is 17.2 Å². The van der Waals surface area contributed by atoms with Gasteiger partial charge in [0, 0.05) is 17.7 Å². The molecule has 1 aliphatic heterocycles. The van der Waals surface area contributed by atoms with Crippen molar-refractivity contribution in [3.05, 3.63) is 29.8 Å². The molecule has 0 atom stereocenters. The monoisotopic (exact) mass is 374 g/mol. The number of nitrogens with one attached hydrogen (secondary N) is 1. The third-order valence-corrected chi connectivity index (χ3v) is 6.79. The molecule has 0 aliphatic carbocycles. The number of sulfonamides is 1. The number of thiophene rings is 1. The highest BCUT2D eigenvalue weighted by atomic mass is 32.2. The van der Waals surface area contributed by atoms with Crippen LogP contribution in [-0.2, 0) is 10.0 Å². The van der Waals surface area contributed by atoms with E-state index in [4.69, 9.17) is 0 Å². The van der Waals surface area contributed by atoms with E-state index >= 15 is 0 Å². The molecule has 2 aromatic rings. The van der Waals surface area contributed by atoms with Crippen LogP contribution >= 0.6 is 11.3 Å². The Bertz CT molecular complexity index is 834. The van der Waals surface area contributed by atoms with Gasteiger partial charge in [-0.3, -0.25) is 9.62 Å². The Hall–Kier alpha value is -1.25. The van der Waals surface area contributed by atoms with Gasteiger partial charge in [0.25, 0.3) is 5.92 Å². The number of likely N-dealkylation sites (tertiary alicyclic amines) is 1. The number of hydrogen-bond acceptors (Lipinski definition) is 4. The third-order valence-electron chi connectivity index (χ3n) is 4.24. The second-order valence-electron chi connectivity index (χ2n) is 6.21. The van der Waals surface area contributed by atoms with Crippen LogP contribution in [-0.4, -0.2) is 44.6 Å². The van der Waals surface area contributed by atoms with Crippen LogP contribution in [0.2, 0.25) is 0 Å². The molecule has 1 saturated heterocycles. The molecule has 4 nitrogen and oxygen atoms in total. The molecule has 1 aromatic carbocycles. The van der Waals surface area contributed by atoms with E-state index in [1.54, 1.807) is 0 Å². The van der Waals surface area contributed by atoms with Crippen molar-refractivity contribution < 1.29 is 17.2 Å². The molecule has 24 heavy (non-hydrogen) atoms. The molecule has 1 aromatic heterocycles. The van der Waals surface area contributed by atoms with Crippen LogP contribution in [0.5, 0.6) is 0 Å². The van der Waals surface area contributed by atoms with Crippen LogP contribution in [0.4, 0.5) is 13.8 Å². The number of anilines is 1. The zero-order chi connectivity index (χ0) is 17.4. The molecule has 0 radical (unpaired) electrons. The first-order valence-electron chi connectivity index (χ1n) is 7.85. The third kappa shape index (κ3) is 4.04. The highest BCUT2D eigenvalue weighted by Crippen LogP contribution is 2.35. The quantitative estimate of drug-likeness (QED) is 0.868. The van der Waals surface area contributed by atoms with E-state index in [0.717, 1.165) is 15.6 Å². The van der Waals surface area contributed by atoms with Crippen LogP contribution in [0.1, 0.15) is 18.4 Å². The number of piperidine rings is 1. The first-order valence-corrected chi connectivity index (χ1v) is 10.3. The van der Waals surface area contributed by atoms with Crippen molar-refractivity contribution >= 4 is 36.4 Å². The van der Waals surface area contributed by atoms with Crippen molar-refractivity contribution in [3.63, 3.8) is 0 Å². The smallest absolute Gasteiger partial charge is 0.260 e. The maximum absolute atomic E-state index is 13.4. The van der Waals surface area contributed by atoms with Gasteiger partial charge in [0.05, 0.1) is 12.3 Å². The summed E-state index contributed by atoms with van der Waals surface area (Å²) in [7, 11) is -3.57. The summed E-state index contributed by atoms with van der Waals surface area (Å²) in [6.07, 6.45) is 0.283. The fraction of sp³-hybridized carbons (Fsp3) is 0.500. The summed E-state index contributed by atoms with van der Waals surface area (Å²) in [5.74, 6) is -2.89. The summed E-state index contributed by atoms with van der Waals surface area (Å²) in [5, 5.41) is 1.62. The molecule has 0 unspecified atom stereocenters. The van der Waals surface area contributed by atoms with Gasteiger partial charge in [0.1, 0.15) is 5.00 Å². The topological polar surface area (TPSA) is 49.4 Å². The maximum atomic E-state index is 13.4. The van der Waals surface area contributed by atoms with E-state index in [1.807, 2.05) is 31.2 Å². The van der Waals surface area contributed by atoms with E-state index in [2.05, 4.69) is 4.72 Å². The molecule has 1 fully saturated rings. The van der Waals surface area contributed by atoms with Crippen molar-refractivity contribution in [2.24, 2.45) is 0 Å². The number of benzene rings is 1. The molecule has 3 rings (SSSR count). The number of alkyl halides is 2. The molecule has 132 valence electrons. The molecule has 0 spiro atoms. The average molecular weight is 374 g/mol. The highest BCUT2D eigenvalue weighted by molar-refractivity contribution is 7.92. The van der Waals surface area contributed by atoms with Crippen LogP contribution in [0, 0.1) is 6.92 Å². The van der Waals surface area contributed by atoms with Crippen LogP contribution in [0.25, 0.3) is 10.1 Å². The molecule has 2 heterocycles. The largest absolute Gasteiger partial charge is 0.296 e. The minimum atomic E-state index is -3.57. The van der Waals surface area contributed by atoms with Crippen molar-refractivity contribution in [1.82, 2.24) is 4.90 Å². The van der Waals surface area contributed by atoms with Crippen molar-refractivity contribution in [3.8, 4) is 0 Å². The Kier molecular flexibility index (Phi) is 4.81. The Morgan fingerprint density at radius 2 is 2.08 bits per heavy atom. The first kappa shape index (κ1) is 17.6. The van der Waals surface area contributed by atoms with Gasteiger partial charge >= 0.3 is 0 Å². The van der Waals surface area contributed by atoms with Crippen LogP contribution in [0.15, 0.2) is 24.3 Å². The van der Waals surface area contributed by atoms with E-state index in [-0.39, 0.29) is 25.3 Å². The number of halogens is 2. The average Bonchev–Trinajstić information content (AvgIpc) is 2.81. The molecule has 1 aliphatic rings. The lowest BCUT2D eigenvalue weighted by Gasteiger charge is -2.32. The second kappa shape index (κ2) is 6.57. The van der Waals surface area contributed by atoms with Gasteiger partial charge < -0.3 is 0 Å². The van der Waals surface area contributed by atoms with Crippen molar-refractivity contribution in [2.75, 3.05) is 30.1 Å². The van der Waals surface area contributed by atoms with Crippen molar-refractivity contribution in [2.45, 2.75) is 25.7 Å². The summed E-state index contributed by atoms with van der Waals surface area (Å²) in [6.45, 7) is 2.16. The van der Waals surface area contributed by atoms with E-state index < -0.39 is 15.9 Å². The molecule has 8 heteroatoms. The van der Waals surface area contributed by atoms with Gasteiger partial charge in [0.2, 0.25) is 10.0 Å². The van der Waals surface area contributed by atoms with E-state index in [0.29, 0.717) is 18.0 Å². The molecular weight excluding hydrogens is 354 g/mol. The van der Waals surface area contributed by atoms with Crippen molar-refractivity contribution in [1.29, 1.82) is 0 Å². The number of nitrogens with zero attached hydrogens (tertiary/aromatic N) is 1. The fourth-order valence-corrected chi connectivity index (χ4v) is 5.50. The van der Waals surface area contributed by atoms with Gasteiger partial charge in [-0.05, 0) is 36.9 Å². The first-order chi connectivity index (χ1) is 11.3.